The van der Waals surface area contributed by atoms with Crippen molar-refractivity contribution < 1.29 is 14.3 Å². The van der Waals surface area contributed by atoms with E-state index in [1.165, 1.54) is 6.08 Å². The van der Waals surface area contributed by atoms with Gasteiger partial charge in [0.15, 0.2) is 0 Å². The van der Waals surface area contributed by atoms with E-state index in [4.69, 9.17) is 4.74 Å². The van der Waals surface area contributed by atoms with Gasteiger partial charge < -0.3 is 10.1 Å². The Bertz CT molecular complexity index is 343. The molecule has 0 aromatic carbocycles. The van der Waals surface area contributed by atoms with Crippen LogP contribution in [0.2, 0.25) is 0 Å². The SMILES string of the molecule is C=C(C)C(=O)OC(C)(C)C.C=CC(=O)NC(C)(C)C. The first-order valence-electron chi connectivity index (χ1n) is 6.12. The second kappa shape index (κ2) is 7.77. The van der Waals surface area contributed by atoms with Crippen molar-refractivity contribution in [3.8, 4) is 0 Å². The number of amides is 1. The highest BCUT2D eigenvalue weighted by molar-refractivity contribution is 5.87. The second-order valence-corrected chi connectivity index (χ2v) is 6.23. The minimum absolute atomic E-state index is 0.123. The Kier molecular flexibility index (Phi) is 8.08. The molecule has 0 aliphatic carbocycles. The van der Waals surface area contributed by atoms with Crippen molar-refractivity contribution in [3.05, 3.63) is 24.8 Å². The topological polar surface area (TPSA) is 55.4 Å². The predicted octanol–water partition coefficient (Wildman–Crippen LogP) is 2.99. The van der Waals surface area contributed by atoms with Gasteiger partial charge in [-0.1, -0.05) is 13.2 Å². The monoisotopic (exact) mass is 269 g/mol. The lowest BCUT2D eigenvalue weighted by Crippen LogP contribution is -2.39. The van der Waals surface area contributed by atoms with Crippen molar-refractivity contribution in [2.75, 3.05) is 0 Å². The van der Waals surface area contributed by atoms with Gasteiger partial charge in [0.2, 0.25) is 5.91 Å². The van der Waals surface area contributed by atoms with Gasteiger partial charge in [0.05, 0.1) is 0 Å². The minimum atomic E-state index is -0.407. The number of hydrogen-bond acceptors (Lipinski definition) is 3. The van der Waals surface area contributed by atoms with E-state index in [0.29, 0.717) is 5.57 Å². The van der Waals surface area contributed by atoms with Gasteiger partial charge in [-0.05, 0) is 54.5 Å². The van der Waals surface area contributed by atoms with Crippen LogP contribution in [0, 0.1) is 0 Å². The smallest absolute Gasteiger partial charge is 0.333 e. The highest BCUT2D eigenvalue weighted by atomic mass is 16.6. The molecule has 110 valence electrons. The second-order valence-electron chi connectivity index (χ2n) is 6.23. The van der Waals surface area contributed by atoms with Crippen LogP contribution in [0.3, 0.4) is 0 Å². The predicted molar refractivity (Wildman–Crippen MR) is 78.8 cm³/mol. The third-order valence-electron chi connectivity index (χ3n) is 1.43. The summed E-state index contributed by atoms with van der Waals surface area (Å²) >= 11 is 0. The van der Waals surface area contributed by atoms with Crippen LogP contribution in [0.4, 0.5) is 0 Å². The zero-order valence-electron chi connectivity index (χ0n) is 13.2. The third kappa shape index (κ3) is 16.4. The van der Waals surface area contributed by atoms with Crippen LogP contribution in [-0.2, 0) is 14.3 Å². The van der Waals surface area contributed by atoms with Crippen molar-refractivity contribution in [1.29, 1.82) is 0 Å². The molecule has 0 spiro atoms. The number of esters is 1. The molecule has 0 aromatic rings. The lowest BCUT2D eigenvalue weighted by molar-refractivity contribution is -0.149. The fourth-order valence-electron chi connectivity index (χ4n) is 0.786. The maximum Gasteiger partial charge on any atom is 0.333 e. The molecule has 4 nitrogen and oxygen atoms in total. The van der Waals surface area contributed by atoms with Crippen molar-refractivity contribution in [2.24, 2.45) is 0 Å². The summed E-state index contributed by atoms with van der Waals surface area (Å²) in [7, 11) is 0. The molecule has 0 aliphatic rings. The van der Waals surface area contributed by atoms with E-state index in [0.717, 1.165) is 0 Å². The van der Waals surface area contributed by atoms with Crippen LogP contribution >= 0.6 is 0 Å². The van der Waals surface area contributed by atoms with Gasteiger partial charge in [-0.2, -0.15) is 0 Å². The van der Waals surface area contributed by atoms with Gasteiger partial charge >= 0.3 is 5.97 Å². The Morgan fingerprint density at radius 2 is 1.53 bits per heavy atom. The van der Waals surface area contributed by atoms with E-state index in [1.807, 2.05) is 41.5 Å². The van der Waals surface area contributed by atoms with Crippen molar-refractivity contribution in [2.45, 2.75) is 59.6 Å². The fraction of sp³-hybridized carbons (Fsp3) is 0.600. The number of hydrogen-bond donors (Lipinski definition) is 1. The minimum Gasteiger partial charge on any atom is -0.457 e. The van der Waals surface area contributed by atoms with Gasteiger partial charge in [0.25, 0.3) is 0 Å². The van der Waals surface area contributed by atoms with Crippen molar-refractivity contribution in [1.82, 2.24) is 5.32 Å². The van der Waals surface area contributed by atoms with Crippen LogP contribution in [-0.4, -0.2) is 23.0 Å². The van der Waals surface area contributed by atoms with E-state index in [2.05, 4.69) is 18.5 Å². The Morgan fingerprint density at radius 1 is 1.11 bits per heavy atom. The number of rotatable bonds is 2. The molecule has 19 heavy (non-hydrogen) atoms. The molecule has 0 saturated heterocycles. The average molecular weight is 269 g/mol. The standard InChI is InChI=1S/C8H14O2.C7H13NO/c1-6(2)7(9)10-8(3,4)5;1-5-6(9)8-7(2,3)4/h1H2,2-5H3;5H,1H2,2-4H3,(H,8,9). The maximum absolute atomic E-state index is 10.8. The van der Waals surface area contributed by atoms with Crippen LogP contribution in [0.15, 0.2) is 24.8 Å². The van der Waals surface area contributed by atoms with E-state index >= 15 is 0 Å². The zero-order chi connectivity index (χ0) is 15.9. The summed E-state index contributed by atoms with van der Waals surface area (Å²) in [6, 6.07) is 0. The Morgan fingerprint density at radius 3 is 1.63 bits per heavy atom. The van der Waals surface area contributed by atoms with Gasteiger partial charge in [-0.25, -0.2) is 4.79 Å². The lowest BCUT2D eigenvalue weighted by Gasteiger charge is -2.19. The normalized spacial score (nSPS) is 10.7. The maximum atomic E-state index is 10.8. The molecule has 0 rings (SSSR count). The number of carbonyl (C=O) groups excluding carboxylic acids is 2. The van der Waals surface area contributed by atoms with Gasteiger partial charge in [0.1, 0.15) is 5.60 Å². The molecule has 0 unspecified atom stereocenters. The van der Waals surface area contributed by atoms with E-state index in [9.17, 15) is 9.59 Å². The summed E-state index contributed by atoms with van der Waals surface area (Å²) in [5, 5.41) is 2.71. The van der Waals surface area contributed by atoms with Crippen molar-refractivity contribution in [3.63, 3.8) is 0 Å². The first kappa shape index (κ1) is 19.8. The summed E-state index contributed by atoms with van der Waals surface area (Å²) in [5.74, 6) is -0.449. The summed E-state index contributed by atoms with van der Waals surface area (Å²) in [4.78, 5) is 21.4. The number of nitrogens with one attached hydrogen (secondary N) is 1. The quantitative estimate of drug-likeness (QED) is 0.619. The number of ether oxygens (including phenoxy) is 1. The Hall–Kier alpha value is -1.58. The van der Waals surface area contributed by atoms with Crippen LogP contribution < -0.4 is 5.32 Å². The van der Waals surface area contributed by atoms with Crippen LogP contribution in [0.5, 0.6) is 0 Å². The molecule has 0 aliphatic heterocycles. The summed E-state index contributed by atoms with van der Waals surface area (Å²) in [6.07, 6.45) is 1.27. The first-order valence-corrected chi connectivity index (χ1v) is 6.12. The summed E-state index contributed by atoms with van der Waals surface area (Å²) in [6.45, 7) is 19.7. The molecule has 0 aromatic heterocycles. The molecule has 1 N–H and O–H groups in total. The third-order valence-corrected chi connectivity index (χ3v) is 1.43. The van der Waals surface area contributed by atoms with Gasteiger partial charge in [-0.15, -0.1) is 0 Å². The van der Waals surface area contributed by atoms with Gasteiger partial charge in [-0.3, -0.25) is 4.79 Å². The Balaban J connectivity index is 0. The highest BCUT2D eigenvalue weighted by Crippen LogP contribution is 2.09. The zero-order valence-corrected chi connectivity index (χ0v) is 13.2. The van der Waals surface area contributed by atoms with Crippen molar-refractivity contribution >= 4 is 11.9 Å². The number of carbonyl (C=O) groups is 2. The van der Waals surface area contributed by atoms with Crippen LogP contribution in [0.25, 0.3) is 0 Å². The molecule has 0 radical (unpaired) electrons. The lowest BCUT2D eigenvalue weighted by atomic mass is 10.1. The van der Waals surface area contributed by atoms with E-state index in [-0.39, 0.29) is 17.4 Å². The molecular weight excluding hydrogens is 242 g/mol. The first-order chi connectivity index (χ1) is 8.28. The average Bonchev–Trinajstić information content (AvgIpc) is 2.13. The molecule has 0 heterocycles. The molecule has 4 heteroatoms. The van der Waals surface area contributed by atoms with E-state index < -0.39 is 5.60 Å². The van der Waals surface area contributed by atoms with Crippen LogP contribution in [0.1, 0.15) is 48.5 Å². The largest absolute Gasteiger partial charge is 0.457 e. The summed E-state index contributed by atoms with van der Waals surface area (Å²) < 4.78 is 4.96. The molecule has 0 fully saturated rings. The fourth-order valence-corrected chi connectivity index (χ4v) is 0.786. The van der Waals surface area contributed by atoms with E-state index in [1.54, 1.807) is 6.92 Å². The molecular formula is C15H27NO3. The molecule has 0 saturated carbocycles. The molecule has 0 atom stereocenters. The molecule has 0 bridgehead atoms. The highest BCUT2D eigenvalue weighted by Gasteiger charge is 2.15. The summed E-state index contributed by atoms with van der Waals surface area (Å²) in [5.41, 5.74) is -0.115. The molecule has 1 amide bonds. The Labute approximate surface area is 116 Å². The van der Waals surface area contributed by atoms with Gasteiger partial charge in [0, 0.05) is 11.1 Å².